The third-order valence-corrected chi connectivity index (χ3v) is 3.02. The van der Waals surface area contributed by atoms with Crippen molar-refractivity contribution < 1.29 is 22.6 Å². The van der Waals surface area contributed by atoms with Gasteiger partial charge in [-0.15, -0.1) is 0 Å². The molecule has 2 unspecified atom stereocenters. The van der Waals surface area contributed by atoms with Crippen LogP contribution in [-0.4, -0.2) is 18.9 Å². The smallest absolute Gasteiger partial charge is 0.407 e. The van der Waals surface area contributed by atoms with Crippen molar-refractivity contribution in [1.29, 1.82) is 0 Å². The first-order valence-electron chi connectivity index (χ1n) is 6.11. The number of alkyl halides is 3. The van der Waals surface area contributed by atoms with Gasteiger partial charge in [-0.3, -0.25) is 0 Å². The van der Waals surface area contributed by atoms with Crippen LogP contribution in [0.2, 0.25) is 0 Å². The lowest BCUT2D eigenvalue weighted by atomic mass is 10.0. The normalized spacial score (nSPS) is 19.8. The van der Waals surface area contributed by atoms with Gasteiger partial charge >= 0.3 is 6.18 Å². The van der Waals surface area contributed by atoms with E-state index in [4.69, 9.17) is 15.2 Å². The average molecular weight is 275 g/mol. The molecule has 1 aliphatic heterocycles. The monoisotopic (exact) mass is 275 g/mol. The van der Waals surface area contributed by atoms with E-state index in [0.29, 0.717) is 12.2 Å². The Morgan fingerprint density at radius 1 is 1.47 bits per heavy atom. The molecule has 0 bridgehead atoms. The summed E-state index contributed by atoms with van der Waals surface area (Å²) < 4.78 is 49.0. The van der Waals surface area contributed by atoms with Crippen LogP contribution in [0.3, 0.4) is 0 Å². The van der Waals surface area contributed by atoms with E-state index < -0.39 is 12.2 Å². The van der Waals surface area contributed by atoms with E-state index in [0.717, 1.165) is 5.56 Å². The largest absolute Gasteiger partial charge is 0.494 e. The second-order valence-electron chi connectivity index (χ2n) is 4.58. The molecule has 1 aromatic rings. The third kappa shape index (κ3) is 2.78. The van der Waals surface area contributed by atoms with Crippen LogP contribution >= 0.6 is 0 Å². The van der Waals surface area contributed by atoms with E-state index in [-0.39, 0.29) is 24.0 Å². The van der Waals surface area contributed by atoms with Gasteiger partial charge in [0, 0.05) is 17.5 Å². The molecule has 0 amide bonds. The lowest BCUT2D eigenvalue weighted by Crippen LogP contribution is -2.29. The molecule has 1 aromatic carbocycles. The van der Waals surface area contributed by atoms with Crippen LogP contribution in [0, 0.1) is 0 Å². The van der Waals surface area contributed by atoms with Crippen molar-refractivity contribution in [1.82, 2.24) is 0 Å². The first-order chi connectivity index (χ1) is 8.82. The summed E-state index contributed by atoms with van der Waals surface area (Å²) in [6.45, 7) is 3.87. The SMILES string of the molecule is CCOc1cc2c(cc1C(N)C(F)(F)F)OC(C)C2. The van der Waals surface area contributed by atoms with Gasteiger partial charge in [0.2, 0.25) is 0 Å². The number of nitrogens with two attached hydrogens (primary N) is 1. The second-order valence-corrected chi connectivity index (χ2v) is 4.58. The highest BCUT2D eigenvalue weighted by Gasteiger charge is 2.40. The number of halogens is 3. The Balaban J connectivity index is 2.44. The lowest BCUT2D eigenvalue weighted by molar-refractivity contribution is -0.149. The molecule has 2 N–H and O–H groups in total. The Labute approximate surface area is 109 Å². The molecular formula is C13H16F3NO2. The first-order valence-corrected chi connectivity index (χ1v) is 6.11. The fourth-order valence-corrected chi connectivity index (χ4v) is 2.15. The highest BCUT2D eigenvalue weighted by Crippen LogP contribution is 2.41. The summed E-state index contributed by atoms with van der Waals surface area (Å²) in [5.41, 5.74) is 6.05. The molecule has 1 aliphatic rings. The Hall–Kier alpha value is -1.43. The molecule has 0 saturated heterocycles. The first kappa shape index (κ1) is 14.0. The Bertz CT molecular complexity index is 474. The summed E-state index contributed by atoms with van der Waals surface area (Å²) in [4.78, 5) is 0. The van der Waals surface area contributed by atoms with Gasteiger partial charge in [0.05, 0.1) is 6.61 Å². The van der Waals surface area contributed by atoms with Crippen molar-refractivity contribution in [3.8, 4) is 11.5 Å². The number of benzene rings is 1. The molecule has 19 heavy (non-hydrogen) atoms. The highest BCUT2D eigenvalue weighted by molar-refractivity contribution is 5.50. The van der Waals surface area contributed by atoms with Crippen molar-refractivity contribution in [2.45, 2.75) is 38.6 Å². The van der Waals surface area contributed by atoms with Crippen LogP contribution < -0.4 is 15.2 Å². The van der Waals surface area contributed by atoms with E-state index in [1.807, 2.05) is 6.92 Å². The molecule has 2 atom stereocenters. The molecular weight excluding hydrogens is 259 g/mol. The van der Waals surface area contributed by atoms with Gasteiger partial charge in [-0.25, -0.2) is 0 Å². The standard InChI is InChI=1S/C13H16F3NO2/c1-3-18-11-5-8-4-7(2)19-10(8)6-9(11)12(17)13(14,15)16/h5-7,12H,3-4,17H2,1-2H3. The van der Waals surface area contributed by atoms with Gasteiger partial charge < -0.3 is 15.2 Å². The van der Waals surface area contributed by atoms with Crippen molar-refractivity contribution in [3.05, 3.63) is 23.3 Å². The predicted molar refractivity (Wildman–Crippen MR) is 64.4 cm³/mol. The molecule has 0 aromatic heterocycles. The molecule has 106 valence electrons. The minimum atomic E-state index is -4.51. The maximum absolute atomic E-state index is 12.8. The molecule has 3 nitrogen and oxygen atoms in total. The fourth-order valence-electron chi connectivity index (χ4n) is 2.15. The summed E-state index contributed by atoms with van der Waals surface area (Å²) in [5, 5.41) is 0. The third-order valence-electron chi connectivity index (χ3n) is 3.02. The molecule has 0 spiro atoms. The summed E-state index contributed by atoms with van der Waals surface area (Å²) in [7, 11) is 0. The number of hydrogen-bond acceptors (Lipinski definition) is 3. The number of hydrogen-bond donors (Lipinski definition) is 1. The van der Waals surface area contributed by atoms with Crippen LogP contribution in [0.25, 0.3) is 0 Å². The Morgan fingerprint density at radius 2 is 2.16 bits per heavy atom. The van der Waals surface area contributed by atoms with E-state index in [1.54, 1.807) is 13.0 Å². The van der Waals surface area contributed by atoms with E-state index in [1.165, 1.54) is 6.07 Å². The van der Waals surface area contributed by atoms with Crippen LogP contribution in [-0.2, 0) is 6.42 Å². The zero-order chi connectivity index (χ0) is 14.2. The quantitative estimate of drug-likeness (QED) is 0.922. The van der Waals surface area contributed by atoms with Gasteiger partial charge in [0.25, 0.3) is 0 Å². The Morgan fingerprint density at radius 3 is 2.74 bits per heavy atom. The van der Waals surface area contributed by atoms with Gasteiger partial charge in [-0.2, -0.15) is 13.2 Å². The topological polar surface area (TPSA) is 44.5 Å². The van der Waals surface area contributed by atoms with Crippen molar-refractivity contribution in [2.24, 2.45) is 5.73 Å². The predicted octanol–water partition coefficient (Wildman–Crippen LogP) is 2.97. The van der Waals surface area contributed by atoms with E-state index >= 15 is 0 Å². The van der Waals surface area contributed by atoms with Gasteiger partial charge in [-0.05, 0) is 26.0 Å². The molecule has 0 radical (unpaired) electrons. The van der Waals surface area contributed by atoms with Crippen LogP contribution in [0.5, 0.6) is 11.5 Å². The van der Waals surface area contributed by atoms with Crippen molar-refractivity contribution in [3.63, 3.8) is 0 Å². The van der Waals surface area contributed by atoms with Crippen LogP contribution in [0.4, 0.5) is 13.2 Å². The van der Waals surface area contributed by atoms with E-state index in [9.17, 15) is 13.2 Å². The van der Waals surface area contributed by atoms with E-state index in [2.05, 4.69) is 0 Å². The zero-order valence-electron chi connectivity index (χ0n) is 10.8. The second kappa shape index (κ2) is 4.92. The Kier molecular flexibility index (Phi) is 3.62. The molecule has 0 aliphatic carbocycles. The van der Waals surface area contributed by atoms with Crippen molar-refractivity contribution >= 4 is 0 Å². The summed E-state index contributed by atoms with van der Waals surface area (Å²) in [5.74, 6) is 0.648. The average Bonchev–Trinajstić information content (AvgIpc) is 2.65. The number of ether oxygens (including phenoxy) is 2. The minimum absolute atomic E-state index is 0.0400. The molecule has 0 saturated carbocycles. The van der Waals surface area contributed by atoms with Gasteiger partial charge in [-0.1, -0.05) is 0 Å². The molecule has 2 rings (SSSR count). The van der Waals surface area contributed by atoms with Crippen molar-refractivity contribution in [2.75, 3.05) is 6.61 Å². The summed E-state index contributed by atoms with van der Waals surface area (Å²) in [6.07, 6.45) is -3.89. The van der Waals surface area contributed by atoms with Crippen LogP contribution in [0.15, 0.2) is 12.1 Å². The highest BCUT2D eigenvalue weighted by atomic mass is 19.4. The van der Waals surface area contributed by atoms with Gasteiger partial charge in [0.15, 0.2) is 0 Å². The maximum atomic E-state index is 12.8. The molecule has 6 heteroatoms. The zero-order valence-corrected chi connectivity index (χ0v) is 10.8. The van der Waals surface area contributed by atoms with Gasteiger partial charge in [0.1, 0.15) is 23.6 Å². The number of rotatable bonds is 3. The summed E-state index contributed by atoms with van der Waals surface area (Å²) >= 11 is 0. The molecule has 1 heterocycles. The molecule has 0 fully saturated rings. The maximum Gasteiger partial charge on any atom is 0.407 e. The lowest BCUT2D eigenvalue weighted by Gasteiger charge is -2.20. The van der Waals surface area contributed by atoms with Crippen LogP contribution in [0.1, 0.15) is 31.0 Å². The summed E-state index contributed by atoms with van der Waals surface area (Å²) in [6, 6.07) is 0.879. The fraction of sp³-hybridized carbons (Fsp3) is 0.538. The minimum Gasteiger partial charge on any atom is -0.494 e. The number of fused-ring (bicyclic) bond motifs is 1.